The van der Waals surface area contributed by atoms with Crippen LogP contribution in [-0.4, -0.2) is 49.1 Å². The van der Waals surface area contributed by atoms with Gasteiger partial charge in [-0.25, -0.2) is 9.37 Å². The van der Waals surface area contributed by atoms with E-state index in [1.807, 2.05) is 18.2 Å². The predicted molar refractivity (Wildman–Crippen MR) is 124 cm³/mol. The SMILES string of the molecule is COc1ncccc1C(=O)Nc1cc(C#N)ccc1N1CCN(Cc2ccc(F)cc2)CC1. The molecule has 33 heavy (non-hydrogen) atoms. The van der Waals surface area contributed by atoms with Crippen LogP contribution in [-0.2, 0) is 6.54 Å². The first kappa shape index (κ1) is 22.2. The van der Waals surface area contributed by atoms with Crippen molar-refractivity contribution in [3.63, 3.8) is 0 Å². The number of halogens is 1. The molecule has 8 heteroatoms. The first-order valence-corrected chi connectivity index (χ1v) is 10.6. The van der Waals surface area contributed by atoms with Gasteiger partial charge in [-0.05, 0) is 48.0 Å². The van der Waals surface area contributed by atoms with Gasteiger partial charge < -0.3 is 15.0 Å². The Balaban J connectivity index is 1.48. The lowest BCUT2D eigenvalue weighted by molar-refractivity contribution is 0.102. The molecule has 3 aromatic rings. The van der Waals surface area contributed by atoms with Crippen molar-refractivity contribution < 1.29 is 13.9 Å². The Morgan fingerprint density at radius 2 is 1.91 bits per heavy atom. The summed E-state index contributed by atoms with van der Waals surface area (Å²) >= 11 is 0. The van der Waals surface area contributed by atoms with Gasteiger partial charge in [0.25, 0.3) is 5.91 Å². The Bertz CT molecular complexity index is 1170. The highest BCUT2D eigenvalue weighted by molar-refractivity contribution is 6.07. The summed E-state index contributed by atoms with van der Waals surface area (Å²) in [4.78, 5) is 21.5. The Labute approximate surface area is 192 Å². The Morgan fingerprint density at radius 1 is 1.15 bits per heavy atom. The van der Waals surface area contributed by atoms with Crippen molar-refractivity contribution >= 4 is 17.3 Å². The molecule has 0 atom stereocenters. The number of nitriles is 1. The van der Waals surface area contributed by atoms with E-state index in [-0.39, 0.29) is 17.6 Å². The molecule has 0 bridgehead atoms. The van der Waals surface area contributed by atoms with E-state index in [1.165, 1.54) is 19.2 Å². The van der Waals surface area contributed by atoms with E-state index >= 15 is 0 Å². The molecule has 2 aromatic carbocycles. The Kier molecular flexibility index (Phi) is 6.81. The molecule has 1 aliphatic heterocycles. The zero-order chi connectivity index (χ0) is 23.2. The number of anilines is 2. The number of carbonyl (C=O) groups is 1. The van der Waals surface area contributed by atoms with Crippen molar-refractivity contribution in [3.05, 3.63) is 83.3 Å². The molecule has 168 valence electrons. The van der Waals surface area contributed by atoms with Gasteiger partial charge in [0.2, 0.25) is 5.88 Å². The summed E-state index contributed by atoms with van der Waals surface area (Å²) in [6.07, 6.45) is 1.56. The van der Waals surface area contributed by atoms with E-state index < -0.39 is 0 Å². The van der Waals surface area contributed by atoms with Crippen molar-refractivity contribution in [2.45, 2.75) is 6.54 Å². The van der Waals surface area contributed by atoms with Crippen LogP contribution in [0.5, 0.6) is 5.88 Å². The second-order valence-corrected chi connectivity index (χ2v) is 7.75. The van der Waals surface area contributed by atoms with Gasteiger partial charge in [0.05, 0.1) is 30.1 Å². The number of amides is 1. The lowest BCUT2D eigenvalue weighted by atomic mass is 10.1. The number of benzene rings is 2. The lowest BCUT2D eigenvalue weighted by Gasteiger charge is -2.37. The second-order valence-electron chi connectivity index (χ2n) is 7.75. The summed E-state index contributed by atoms with van der Waals surface area (Å²) in [5.41, 5.74) is 3.27. The first-order chi connectivity index (χ1) is 16.1. The van der Waals surface area contributed by atoms with Gasteiger partial charge in [0.15, 0.2) is 0 Å². The summed E-state index contributed by atoms with van der Waals surface area (Å²) in [5, 5.41) is 12.3. The van der Waals surface area contributed by atoms with E-state index in [4.69, 9.17) is 4.74 Å². The van der Waals surface area contributed by atoms with Gasteiger partial charge in [0.1, 0.15) is 11.4 Å². The van der Waals surface area contributed by atoms with Crippen LogP contribution in [0.3, 0.4) is 0 Å². The van der Waals surface area contributed by atoms with Crippen molar-refractivity contribution in [2.24, 2.45) is 0 Å². The minimum Gasteiger partial charge on any atom is -0.480 e. The molecule has 4 rings (SSSR count). The second kappa shape index (κ2) is 10.1. The summed E-state index contributed by atoms with van der Waals surface area (Å²) in [6.45, 7) is 3.91. The topological polar surface area (TPSA) is 81.5 Å². The van der Waals surface area contributed by atoms with Crippen molar-refractivity contribution in [2.75, 3.05) is 43.5 Å². The number of nitrogens with zero attached hydrogens (tertiary/aromatic N) is 4. The minimum atomic E-state index is -0.355. The third-order valence-electron chi connectivity index (χ3n) is 5.62. The number of hydrogen-bond acceptors (Lipinski definition) is 6. The van der Waals surface area contributed by atoms with Gasteiger partial charge in [0, 0.05) is 38.9 Å². The fraction of sp³-hybridized carbons (Fsp3) is 0.240. The van der Waals surface area contributed by atoms with Crippen LogP contribution >= 0.6 is 0 Å². The smallest absolute Gasteiger partial charge is 0.261 e. The van der Waals surface area contributed by atoms with Gasteiger partial charge in [-0.1, -0.05) is 12.1 Å². The summed E-state index contributed by atoms with van der Waals surface area (Å²) in [6, 6.07) is 17.3. The number of hydrogen-bond donors (Lipinski definition) is 1. The maximum absolute atomic E-state index is 13.2. The maximum atomic E-state index is 13.2. The van der Waals surface area contributed by atoms with Gasteiger partial charge in [-0.2, -0.15) is 5.26 Å². The monoisotopic (exact) mass is 445 g/mol. The number of rotatable bonds is 6. The Hall–Kier alpha value is -3.96. The number of ether oxygens (including phenoxy) is 1. The average Bonchev–Trinajstić information content (AvgIpc) is 2.86. The van der Waals surface area contributed by atoms with Gasteiger partial charge >= 0.3 is 0 Å². The van der Waals surface area contributed by atoms with E-state index in [0.717, 1.165) is 44.0 Å². The molecule has 2 heterocycles. The van der Waals surface area contributed by atoms with Gasteiger partial charge in [-0.15, -0.1) is 0 Å². The molecule has 1 fully saturated rings. The number of pyridine rings is 1. The van der Waals surface area contributed by atoms with Crippen molar-refractivity contribution in [1.29, 1.82) is 5.26 Å². The third-order valence-corrected chi connectivity index (χ3v) is 5.62. The average molecular weight is 445 g/mol. The van der Waals surface area contributed by atoms with E-state index in [0.29, 0.717) is 16.8 Å². The molecular formula is C25H24FN5O2. The van der Waals surface area contributed by atoms with Crippen LogP contribution in [0, 0.1) is 17.1 Å². The number of carbonyl (C=O) groups excluding carboxylic acids is 1. The van der Waals surface area contributed by atoms with Crippen LogP contribution in [0.2, 0.25) is 0 Å². The minimum absolute atomic E-state index is 0.233. The van der Waals surface area contributed by atoms with Crippen LogP contribution in [0.4, 0.5) is 15.8 Å². The molecule has 0 aliphatic carbocycles. The molecule has 0 radical (unpaired) electrons. The molecule has 0 unspecified atom stereocenters. The standard InChI is InChI=1S/C25H24FN5O2/c1-33-25-21(3-2-10-28-25)24(32)29-22-15-19(16-27)6-9-23(22)31-13-11-30(12-14-31)17-18-4-7-20(26)8-5-18/h2-10,15H,11-14,17H2,1H3,(H,29,32). The molecular weight excluding hydrogens is 421 g/mol. The molecule has 1 aromatic heterocycles. The maximum Gasteiger partial charge on any atom is 0.261 e. The first-order valence-electron chi connectivity index (χ1n) is 10.6. The number of piperazine rings is 1. The summed E-state index contributed by atoms with van der Waals surface area (Å²) in [5.74, 6) is -0.350. The number of aromatic nitrogens is 1. The highest BCUT2D eigenvalue weighted by Crippen LogP contribution is 2.29. The highest BCUT2D eigenvalue weighted by atomic mass is 19.1. The zero-order valence-corrected chi connectivity index (χ0v) is 18.3. The molecule has 0 saturated carbocycles. The molecule has 1 aliphatic rings. The van der Waals surface area contributed by atoms with Gasteiger partial charge in [-0.3, -0.25) is 9.69 Å². The van der Waals surface area contributed by atoms with Crippen LogP contribution in [0.1, 0.15) is 21.5 Å². The van der Waals surface area contributed by atoms with Crippen molar-refractivity contribution in [1.82, 2.24) is 9.88 Å². The zero-order valence-electron chi connectivity index (χ0n) is 18.3. The quantitative estimate of drug-likeness (QED) is 0.624. The van der Waals surface area contributed by atoms with E-state index in [9.17, 15) is 14.4 Å². The molecule has 1 N–H and O–H groups in total. The van der Waals surface area contributed by atoms with E-state index in [2.05, 4.69) is 26.2 Å². The number of nitrogens with one attached hydrogen (secondary N) is 1. The van der Waals surface area contributed by atoms with Crippen LogP contribution < -0.4 is 15.0 Å². The van der Waals surface area contributed by atoms with Crippen LogP contribution in [0.25, 0.3) is 0 Å². The molecule has 0 spiro atoms. The van der Waals surface area contributed by atoms with Crippen LogP contribution in [0.15, 0.2) is 60.8 Å². The largest absolute Gasteiger partial charge is 0.480 e. The Morgan fingerprint density at radius 3 is 2.61 bits per heavy atom. The molecule has 1 saturated heterocycles. The molecule has 1 amide bonds. The third kappa shape index (κ3) is 5.27. The lowest BCUT2D eigenvalue weighted by Crippen LogP contribution is -2.46. The highest BCUT2D eigenvalue weighted by Gasteiger charge is 2.22. The fourth-order valence-electron chi connectivity index (χ4n) is 3.89. The summed E-state index contributed by atoms with van der Waals surface area (Å²) in [7, 11) is 1.46. The predicted octanol–water partition coefficient (Wildman–Crippen LogP) is 3.68. The fourth-order valence-corrected chi connectivity index (χ4v) is 3.89. The van der Waals surface area contributed by atoms with Crippen molar-refractivity contribution in [3.8, 4) is 11.9 Å². The molecule has 7 nitrogen and oxygen atoms in total. The summed E-state index contributed by atoms with van der Waals surface area (Å²) < 4.78 is 18.4. The normalized spacial score (nSPS) is 13.9. The van der Waals surface area contributed by atoms with E-state index in [1.54, 1.807) is 30.5 Å². The number of methoxy groups -OCH3 is 1.